The summed E-state index contributed by atoms with van der Waals surface area (Å²) >= 11 is 1.61. The summed E-state index contributed by atoms with van der Waals surface area (Å²) in [5, 5.41) is 22.6. The third kappa shape index (κ3) is 5.34. The minimum atomic E-state index is -0.221. The summed E-state index contributed by atoms with van der Waals surface area (Å²) < 4.78 is 2.05. The van der Waals surface area contributed by atoms with Crippen LogP contribution in [-0.2, 0) is 13.0 Å². The summed E-state index contributed by atoms with van der Waals surface area (Å²) in [6.07, 6.45) is 0.739. The van der Waals surface area contributed by atoms with E-state index in [2.05, 4.69) is 89.7 Å². The van der Waals surface area contributed by atoms with Crippen molar-refractivity contribution in [2.75, 3.05) is 0 Å². The Morgan fingerprint density at radius 1 is 1.00 bits per heavy atom. The van der Waals surface area contributed by atoms with E-state index in [1.807, 2.05) is 28.8 Å². The first-order valence-electron chi connectivity index (χ1n) is 12.3. The maximum Gasteiger partial charge on any atom is 0.290 e. The molecule has 0 aliphatic rings. The molecule has 2 aromatic carbocycles. The second-order valence-electron chi connectivity index (χ2n) is 10.6. The Morgan fingerprint density at radius 3 is 2.38 bits per heavy atom. The van der Waals surface area contributed by atoms with Crippen LogP contribution >= 0.6 is 11.8 Å². The van der Waals surface area contributed by atoms with Crippen LogP contribution in [0.2, 0.25) is 0 Å². The number of imidazole rings is 1. The van der Waals surface area contributed by atoms with Crippen molar-refractivity contribution in [3.8, 4) is 22.5 Å². The monoisotopic (exact) mass is 514 g/mol. The molecular weight excluding hydrogens is 484 g/mol. The lowest BCUT2D eigenvalue weighted by Gasteiger charge is -2.19. The van der Waals surface area contributed by atoms with Gasteiger partial charge in [-0.05, 0) is 27.3 Å². The van der Waals surface area contributed by atoms with Crippen molar-refractivity contribution >= 4 is 22.8 Å². The summed E-state index contributed by atoms with van der Waals surface area (Å²) in [7, 11) is 0. The van der Waals surface area contributed by atoms with Gasteiger partial charge in [0.15, 0.2) is 0 Å². The molecule has 0 aliphatic carbocycles. The lowest BCUT2D eigenvalue weighted by molar-refractivity contribution is 0.394. The highest BCUT2D eigenvalue weighted by Crippen LogP contribution is 2.32. The molecule has 0 saturated carbocycles. The van der Waals surface area contributed by atoms with Gasteiger partial charge in [0.05, 0.1) is 0 Å². The van der Waals surface area contributed by atoms with Crippen LogP contribution in [0.1, 0.15) is 46.0 Å². The molecule has 5 rings (SSSR count). The average Bonchev–Trinajstić information content (AvgIpc) is 3.50. The zero-order valence-electron chi connectivity index (χ0n) is 21.6. The number of aromatic amines is 2. The van der Waals surface area contributed by atoms with Crippen LogP contribution in [0.15, 0.2) is 58.4 Å². The van der Waals surface area contributed by atoms with Crippen LogP contribution in [0.5, 0.6) is 0 Å². The Morgan fingerprint density at radius 2 is 1.73 bits per heavy atom. The third-order valence-corrected chi connectivity index (χ3v) is 6.86. The molecular formula is C27H30N8OS. The van der Waals surface area contributed by atoms with Crippen LogP contribution in [0.4, 0.5) is 0 Å². The first kappa shape index (κ1) is 24.9. The Bertz CT molecular complexity index is 1580. The van der Waals surface area contributed by atoms with Crippen molar-refractivity contribution in [1.29, 1.82) is 0 Å². The molecule has 0 fully saturated rings. The second-order valence-corrected chi connectivity index (χ2v) is 12.1. The molecule has 5 aromatic rings. The fraction of sp³-hybridized carbons (Fsp3) is 0.333. The topological polar surface area (TPSA) is 118 Å². The van der Waals surface area contributed by atoms with E-state index in [4.69, 9.17) is 4.98 Å². The van der Waals surface area contributed by atoms with Crippen LogP contribution in [0.3, 0.4) is 0 Å². The zero-order chi connectivity index (χ0) is 26.2. The maximum absolute atomic E-state index is 13.0. The minimum absolute atomic E-state index is 0.00733. The largest absolute Gasteiger partial charge is 0.319 e. The van der Waals surface area contributed by atoms with Crippen LogP contribution in [0.25, 0.3) is 33.5 Å². The summed E-state index contributed by atoms with van der Waals surface area (Å²) in [6, 6.07) is 16.3. The number of thioether (sulfide) groups is 1. The molecule has 0 saturated heterocycles. The number of rotatable bonds is 7. The molecule has 0 unspecified atom stereocenters. The molecule has 0 atom stereocenters. The Labute approximate surface area is 219 Å². The summed E-state index contributed by atoms with van der Waals surface area (Å²) in [5.41, 5.74) is 5.09. The van der Waals surface area contributed by atoms with Crippen molar-refractivity contribution in [3.05, 3.63) is 70.3 Å². The Kier molecular flexibility index (Phi) is 6.68. The van der Waals surface area contributed by atoms with Crippen molar-refractivity contribution < 1.29 is 0 Å². The van der Waals surface area contributed by atoms with Gasteiger partial charge in [-0.2, -0.15) is 10.3 Å². The first-order chi connectivity index (χ1) is 17.7. The smallest absolute Gasteiger partial charge is 0.290 e. The van der Waals surface area contributed by atoms with Gasteiger partial charge in [0.2, 0.25) is 5.82 Å². The summed E-state index contributed by atoms with van der Waals surface area (Å²) in [4.78, 5) is 17.9. The van der Waals surface area contributed by atoms with E-state index in [9.17, 15) is 4.79 Å². The predicted molar refractivity (Wildman–Crippen MR) is 146 cm³/mol. The molecule has 0 amide bonds. The lowest BCUT2D eigenvalue weighted by Crippen LogP contribution is -2.18. The third-order valence-electron chi connectivity index (χ3n) is 5.88. The number of nitrogens with one attached hydrogen (secondary N) is 2. The number of nitrogens with zero attached hydrogens (tertiary/aromatic N) is 6. The molecule has 0 radical (unpaired) electrons. The fourth-order valence-electron chi connectivity index (χ4n) is 4.35. The highest BCUT2D eigenvalue weighted by atomic mass is 32.2. The quantitative estimate of drug-likeness (QED) is 0.290. The molecule has 9 nitrogen and oxygen atoms in total. The second kappa shape index (κ2) is 9.93. The lowest BCUT2D eigenvalue weighted by atomic mass is 9.92. The van der Waals surface area contributed by atoms with Gasteiger partial charge in [-0.25, -0.2) is 10.1 Å². The number of fused-ring (bicyclic) bond motifs is 1. The van der Waals surface area contributed by atoms with E-state index in [-0.39, 0.29) is 11.0 Å². The molecule has 10 heteroatoms. The maximum atomic E-state index is 13.0. The van der Waals surface area contributed by atoms with Crippen molar-refractivity contribution in [2.45, 2.75) is 57.9 Å². The molecule has 0 aliphatic heterocycles. The van der Waals surface area contributed by atoms with Gasteiger partial charge in [0.1, 0.15) is 21.9 Å². The fourth-order valence-corrected chi connectivity index (χ4v) is 5.15. The molecule has 190 valence electrons. The van der Waals surface area contributed by atoms with Crippen LogP contribution < -0.4 is 5.56 Å². The van der Waals surface area contributed by atoms with Crippen LogP contribution in [-0.4, -0.2) is 45.6 Å². The van der Waals surface area contributed by atoms with Crippen molar-refractivity contribution in [3.63, 3.8) is 0 Å². The minimum Gasteiger partial charge on any atom is -0.319 e. The molecule has 37 heavy (non-hydrogen) atoms. The number of hydrogen-bond acceptors (Lipinski definition) is 7. The van der Waals surface area contributed by atoms with E-state index in [1.54, 1.807) is 11.8 Å². The van der Waals surface area contributed by atoms with E-state index in [0.29, 0.717) is 28.7 Å². The Balaban J connectivity index is 1.54. The van der Waals surface area contributed by atoms with Crippen molar-refractivity contribution in [1.82, 2.24) is 40.4 Å². The number of hydrogen-bond donors (Lipinski definition) is 2. The van der Waals surface area contributed by atoms with Gasteiger partial charge < -0.3 is 4.57 Å². The standard InChI is InChI=1S/C27H30N8OS/c1-16(2)37-26-22-23(25(36)31-32-26)35(21(28-22)14-27(3,4)5)15-17-10-12-18(13-11-17)19-8-6-7-9-20(19)24-29-33-34-30-24/h6-13,16H,14-15H2,1-5H3,(H,31,36)(H,29,30,33,34). The Hall–Kier alpha value is -3.79. The van der Waals surface area contributed by atoms with Crippen molar-refractivity contribution in [2.24, 2.45) is 5.41 Å². The molecule has 3 heterocycles. The van der Waals surface area contributed by atoms with E-state index >= 15 is 0 Å². The van der Waals surface area contributed by atoms with Crippen LogP contribution in [0, 0.1) is 5.41 Å². The highest BCUT2D eigenvalue weighted by molar-refractivity contribution is 8.00. The van der Waals surface area contributed by atoms with Gasteiger partial charge >= 0.3 is 0 Å². The predicted octanol–water partition coefficient (Wildman–Crippen LogP) is 5.10. The van der Waals surface area contributed by atoms with E-state index in [1.165, 1.54) is 0 Å². The van der Waals surface area contributed by atoms with Gasteiger partial charge in [-0.1, -0.05) is 94.9 Å². The van der Waals surface area contributed by atoms with Gasteiger partial charge in [-0.15, -0.1) is 10.2 Å². The van der Waals surface area contributed by atoms with Gasteiger partial charge in [0.25, 0.3) is 5.56 Å². The van der Waals surface area contributed by atoms with E-state index < -0.39 is 0 Å². The average molecular weight is 515 g/mol. The zero-order valence-corrected chi connectivity index (χ0v) is 22.4. The molecule has 3 aromatic heterocycles. The first-order valence-corrected chi connectivity index (χ1v) is 13.1. The molecule has 0 spiro atoms. The summed E-state index contributed by atoms with van der Waals surface area (Å²) in [5.74, 6) is 1.44. The number of aromatic nitrogens is 8. The highest BCUT2D eigenvalue weighted by Gasteiger charge is 2.23. The normalized spacial score (nSPS) is 12.1. The summed E-state index contributed by atoms with van der Waals surface area (Å²) in [6.45, 7) is 11.3. The number of H-pyrrole nitrogens is 2. The van der Waals surface area contributed by atoms with Gasteiger partial charge in [-0.3, -0.25) is 4.79 Å². The SMILES string of the molecule is CC(C)Sc1n[nH]c(=O)c2c1nc(CC(C)(C)C)n2Cc1ccc(-c2ccccc2-c2nn[nH]n2)cc1. The number of benzene rings is 2. The van der Waals surface area contributed by atoms with Gasteiger partial charge in [0, 0.05) is 23.8 Å². The molecule has 0 bridgehead atoms. The molecule has 2 N–H and O–H groups in total. The van der Waals surface area contributed by atoms with E-state index in [0.717, 1.165) is 39.5 Å². The number of tetrazole rings is 1.